The van der Waals surface area contributed by atoms with E-state index in [4.69, 9.17) is 9.40 Å². The normalized spacial score (nSPS) is 12.0. The molecule has 3 heterocycles. The van der Waals surface area contributed by atoms with E-state index >= 15 is 0 Å². The molecular weight excluding hydrogens is 569 g/mol. The van der Waals surface area contributed by atoms with Gasteiger partial charge in [-0.25, -0.2) is 4.98 Å². The highest BCUT2D eigenvalue weighted by molar-refractivity contribution is 7.22. The Bertz CT molecular complexity index is 2770. The van der Waals surface area contributed by atoms with Crippen LogP contribution < -0.4 is 0 Å². The summed E-state index contributed by atoms with van der Waals surface area (Å²) in [5, 5.41) is 8.15. The molecule has 7 aromatic carbocycles. The SMILES string of the molecule is c1ccc(-c2cccc(-n3c4ccccc4c4c5ccccc5c(-c5nc6c(ccc7oc8ccccc8c76)s5)cc43)c2)cc1. The van der Waals surface area contributed by atoms with Gasteiger partial charge in [-0.1, -0.05) is 103 Å². The molecule has 0 aliphatic heterocycles. The molecule has 0 radical (unpaired) electrons. The summed E-state index contributed by atoms with van der Waals surface area (Å²) >= 11 is 1.75. The van der Waals surface area contributed by atoms with Gasteiger partial charge >= 0.3 is 0 Å². The molecule has 0 N–H and O–H groups in total. The summed E-state index contributed by atoms with van der Waals surface area (Å²) in [6, 6.07) is 51.8. The first-order valence-corrected chi connectivity index (χ1v) is 16.0. The Labute approximate surface area is 262 Å². The van der Waals surface area contributed by atoms with Crippen LogP contribution in [0.5, 0.6) is 0 Å². The van der Waals surface area contributed by atoms with Gasteiger partial charge in [0.15, 0.2) is 0 Å². The number of para-hydroxylation sites is 2. The zero-order chi connectivity index (χ0) is 29.5. The molecule has 0 aliphatic carbocycles. The zero-order valence-corrected chi connectivity index (χ0v) is 24.9. The first kappa shape index (κ1) is 24.7. The molecule has 10 aromatic rings. The fraction of sp³-hybridized carbons (Fsp3) is 0. The monoisotopic (exact) mass is 592 g/mol. The number of benzene rings is 7. The van der Waals surface area contributed by atoms with Crippen molar-refractivity contribution in [2.24, 2.45) is 0 Å². The number of thiazole rings is 1. The third-order valence-corrected chi connectivity index (χ3v) is 10.1. The number of rotatable bonds is 3. The average Bonchev–Trinajstić information content (AvgIpc) is 3.80. The van der Waals surface area contributed by atoms with E-state index in [9.17, 15) is 0 Å². The van der Waals surface area contributed by atoms with Crippen molar-refractivity contribution >= 4 is 76.1 Å². The van der Waals surface area contributed by atoms with Crippen molar-refractivity contribution in [1.82, 2.24) is 9.55 Å². The van der Waals surface area contributed by atoms with Gasteiger partial charge in [0.1, 0.15) is 16.2 Å². The summed E-state index contributed by atoms with van der Waals surface area (Å²) in [6.07, 6.45) is 0. The maximum absolute atomic E-state index is 6.20. The van der Waals surface area contributed by atoms with Crippen LogP contribution in [0.4, 0.5) is 0 Å². The van der Waals surface area contributed by atoms with E-state index in [0.29, 0.717) is 0 Å². The summed E-state index contributed by atoms with van der Waals surface area (Å²) in [4.78, 5) is 5.35. The minimum Gasteiger partial charge on any atom is -0.456 e. The molecule has 0 saturated carbocycles. The summed E-state index contributed by atoms with van der Waals surface area (Å²) in [5.41, 5.74) is 9.81. The van der Waals surface area contributed by atoms with E-state index in [0.717, 1.165) is 48.4 Å². The van der Waals surface area contributed by atoms with E-state index in [1.165, 1.54) is 43.7 Å². The lowest BCUT2D eigenvalue weighted by Gasteiger charge is -2.12. The lowest BCUT2D eigenvalue weighted by atomic mass is 9.99. The molecule has 4 heteroatoms. The maximum Gasteiger partial charge on any atom is 0.137 e. The van der Waals surface area contributed by atoms with Gasteiger partial charge in [0.05, 0.1) is 26.6 Å². The molecule has 3 nitrogen and oxygen atoms in total. The van der Waals surface area contributed by atoms with Crippen LogP contribution >= 0.6 is 11.3 Å². The van der Waals surface area contributed by atoms with Crippen LogP contribution in [0, 0.1) is 0 Å². The predicted octanol–water partition coefficient (Wildman–Crippen LogP) is 11.8. The van der Waals surface area contributed by atoms with E-state index in [-0.39, 0.29) is 0 Å². The van der Waals surface area contributed by atoms with Crippen molar-refractivity contribution in [1.29, 1.82) is 0 Å². The molecule has 10 rings (SSSR count). The number of furan rings is 1. The molecule has 3 aromatic heterocycles. The highest BCUT2D eigenvalue weighted by Crippen LogP contribution is 2.44. The van der Waals surface area contributed by atoms with Crippen LogP contribution in [0.2, 0.25) is 0 Å². The van der Waals surface area contributed by atoms with Gasteiger partial charge < -0.3 is 8.98 Å². The Morgan fingerprint density at radius 3 is 2.13 bits per heavy atom. The Kier molecular flexibility index (Phi) is 5.16. The van der Waals surface area contributed by atoms with Crippen molar-refractivity contribution < 1.29 is 4.42 Å². The first-order chi connectivity index (χ1) is 22.3. The lowest BCUT2D eigenvalue weighted by molar-refractivity contribution is 0.669. The van der Waals surface area contributed by atoms with E-state index < -0.39 is 0 Å². The molecule has 0 spiro atoms. The smallest absolute Gasteiger partial charge is 0.137 e. The quantitative estimate of drug-likeness (QED) is 0.204. The molecule has 0 atom stereocenters. The maximum atomic E-state index is 6.20. The van der Waals surface area contributed by atoms with Crippen LogP contribution in [0.1, 0.15) is 0 Å². The van der Waals surface area contributed by atoms with Crippen LogP contribution in [0.15, 0.2) is 150 Å². The lowest BCUT2D eigenvalue weighted by Crippen LogP contribution is -1.95. The minimum absolute atomic E-state index is 0.874. The second-order valence-electron chi connectivity index (χ2n) is 11.5. The molecule has 0 fully saturated rings. The molecule has 45 heavy (non-hydrogen) atoms. The van der Waals surface area contributed by atoms with Gasteiger partial charge in [-0.2, -0.15) is 0 Å². The second kappa shape index (κ2) is 9.39. The fourth-order valence-electron chi connectivity index (χ4n) is 7.06. The largest absolute Gasteiger partial charge is 0.456 e. The van der Waals surface area contributed by atoms with Gasteiger partial charge in [-0.05, 0) is 64.4 Å². The highest BCUT2D eigenvalue weighted by Gasteiger charge is 2.21. The van der Waals surface area contributed by atoms with Crippen LogP contribution in [0.25, 0.3) is 92.1 Å². The van der Waals surface area contributed by atoms with Gasteiger partial charge in [0.25, 0.3) is 0 Å². The van der Waals surface area contributed by atoms with Crippen LogP contribution in [0.3, 0.4) is 0 Å². The molecule has 0 amide bonds. The third-order valence-electron chi connectivity index (χ3n) is 9.02. The number of hydrogen-bond acceptors (Lipinski definition) is 3. The molecule has 0 unspecified atom stereocenters. The molecule has 0 bridgehead atoms. The number of hydrogen-bond donors (Lipinski definition) is 0. The second-order valence-corrected chi connectivity index (χ2v) is 12.6. The number of aromatic nitrogens is 2. The minimum atomic E-state index is 0.874. The van der Waals surface area contributed by atoms with Gasteiger partial charge in [-0.15, -0.1) is 11.3 Å². The van der Waals surface area contributed by atoms with Crippen molar-refractivity contribution in [2.45, 2.75) is 0 Å². The molecule has 0 aliphatic rings. The molecule has 0 saturated heterocycles. The summed E-state index contributed by atoms with van der Waals surface area (Å²) in [7, 11) is 0. The Hall–Kier alpha value is -5.71. The predicted molar refractivity (Wildman–Crippen MR) is 190 cm³/mol. The van der Waals surface area contributed by atoms with Gasteiger partial charge in [-0.3, -0.25) is 0 Å². The van der Waals surface area contributed by atoms with Gasteiger partial charge in [0.2, 0.25) is 0 Å². The average molecular weight is 593 g/mol. The Morgan fingerprint density at radius 1 is 0.511 bits per heavy atom. The summed E-state index contributed by atoms with van der Waals surface area (Å²) in [6.45, 7) is 0. The highest BCUT2D eigenvalue weighted by atomic mass is 32.1. The van der Waals surface area contributed by atoms with Crippen molar-refractivity contribution in [3.63, 3.8) is 0 Å². The first-order valence-electron chi connectivity index (χ1n) is 15.1. The summed E-state index contributed by atoms with van der Waals surface area (Å²) < 4.78 is 9.78. The topological polar surface area (TPSA) is 31.0 Å². The Morgan fingerprint density at radius 2 is 1.24 bits per heavy atom. The molecular formula is C41H24N2OS. The number of nitrogens with zero attached hydrogens (tertiary/aromatic N) is 2. The number of fused-ring (bicyclic) bond motifs is 10. The van der Waals surface area contributed by atoms with Crippen LogP contribution in [-0.4, -0.2) is 9.55 Å². The van der Waals surface area contributed by atoms with E-state index in [1.54, 1.807) is 11.3 Å². The standard InChI is InChI=1S/C41H24N2OS/c1-2-11-25(12-3-1)26-13-10-14-27(23-26)43-33-19-8-6-17-30(33)38-29-16-5-4-15-28(29)32(24-34(38)43)41-42-40-37(45-41)22-21-36-39(40)31-18-7-9-20-35(31)44-36/h1-24H. The third kappa shape index (κ3) is 3.60. The van der Waals surface area contributed by atoms with E-state index in [2.05, 4.69) is 138 Å². The van der Waals surface area contributed by atoms with Crippen LogP contribution in [-0.2, 0) is 0 Å². The Balaban J connectivity index is 1.29. The van der Waals surface area contributed by atoms with Crippen molar-refractivity contribution in [3.8, 4) is 27.4 Å². The zero-order valence-electron chi connectivity index (χ0n) is 24.1. The summed E-state index contributed by atoms with van der Waals surface area (Å²) in [5.74, 6) is 0. The fourth-order valence-corrected chi connectivity index (χ4v) is 8.06. The van der Waals surface area contributed by atoms with Gasteiger partial charge in [0, 0.05) is 27.4 Å². The van der Waals surface area contributed by atoms with Crippen molar-refractivity contribution in [2.75, 3.05) is 0 Å². The van der Waals surface area contributed by atoms with E-state index in [1.807, 2.05) is 12.1 Å². The van der Waals surface area contributed by atoms with Crippen molar-refractivity contribution in [3.05, 3.63) is 146 Å². The molecule has 210 valence electrons.